The molecule has 0 bridgehead atoms. The second kappa shape index (κ2) is 6.68. The third-order valence-electron chi connectivity index (χ3n) is 3.68. The fourth-order valence-electron chi connectivity index (χ4n) is 2.63. The molecule has 1 aromatic rings. The first-order valence-electron chi connectivity index (χ1n) is 6.80. The molecule has 0 saturated heterocycles. The molecule has 0 aliphatic heterocycles. The maximum Gasteiger partial charge on any atom is 0.224 e. The zero-order valence-electron chi connectivity index (χ0n) is 11.4. The molecule has 2 atom stereocenters. The van der Waals surface area contributed by atoms with Crippen LogP contribution in [0.3, 0.4) is 0 Å². The number of methoxy groups -OCH3 is 1. The molecule has 0 spiro atoms. The second-order valence-corrected chi connectivity index (χ2v) is 5.17. The van der Waals surface area contributed by atoms with Crippen LogP contribution in [0, 0.1) is 5.92 Å². The number of ether oxygens (including phenoxy) is 1. The van der Waals surface area contributed by atoms with Crippen LogP contribution in [0.25, 0.3) is 0 Å². The molecular formula is C15H22N2O2. The Morgan fingerprint density at radius 2 is 2.21 bits per heavy atom. The highest BCUT2D eigenvalue weighted by Gasteiger charge is 2.29. The number of hydrogen-bond donors (Lipinski definition) is 2. The highest BCUT2D eigenvalue weighted by atomic mass is 16.5. The topological polar surface area (TPSA) is 64.3 Å². The lowest BCUT2D eigenvalue weighted by Crippen LogP contribution is -2.38. The molecule has 1 aliphatic rings. The van der Waals surface area contributed by atoms with Gasteiger partial charge in [-0.3, -0.25) is 4.79 Å². The van der Waals surface area contributed by atoms with Crippen LogP contribution in [-0.2, 0) is 22.7 Å². The summed E-state index contributed by atoms with van der Waals surface area (Å²) in [7, 11) is 1.68. The van der Waals surface area contributed by atoms with Gasteiger partial charge in [-0.05, 0) is 24.0 Å². The van der Waals surface area contributed by atoms with Gasteiger partial charge in [-0.15, -0.1) is 0 Å². The number of hydrogen-bond acceptors (Lipinski definition) is 3. The summed E-state index contributed by atoms with van der Waals surface area (Å²) in [5.41, 5.74) is 8.14. The summed E-state index contributed by atoms with van der Waals surface area (Å²) in [6.45, 7) is 1.15. The molecular weight excluding hydrogens is 240 g/mol. The summed E-state index contributed by atoms with van der Waals surface area (Å²) in [4.78, 5) is 12.0. The first-order chi connectivity index (χ1) is 9.20. The lowest BCUT2D eigenvalue weighted by Gasteiger charge is -2.15. The highest BCUT2D eigenvalue weighted by molar-refractivity contribution is 5.79. The normalized spacial score (nSPS) is 22.4. The van der Waals surface area contributed by atoms with Crippen molar-refractivity contribution in [2.45, 2.75) is 38.5 Å². The third-order valence-corrected chi connectivity index (χ3v) is 3.68. The van der Waals surface area contributed by atoms with Crippen LogP contribution in [0.5, 0.6) is 0 Å². The molecule has 1 saturated carbocycles. The third kappa shape index (κ3) is 3.78. The summed E-state index contributed by atoms with van der Waals surface area (Å²) in [6, 6.07) is 8.09. The molecule has 4 nitrogen and oxygen atoms in total. The first kappa shape index (κ1) is 14.0. The van der Waals surface area contributed by atoms with Crippen LogP contribution >= 0.6 is 0 Å². The number of rotatable bonds is 5. The lowest BCUT2D eigenvalue weighted by molar-refractivity contribution is -0.125. The smallest absolute Gasteiger partial charge is 0.224 e. The molecule has 1 amide bonds. The number of carbonyl (C=O) groups excluding carboxylic acids is 1. The second-order valence-electron chi connectivity index (χ2n) is 5.17. The van der Waals surface area contributed by atoms with Crippen LogP contribution in [0.15, 0.2) is 24.3 Å². The van der Waals surface area contributed by atoms with E-state index in [2.05, 4.69) is 11.4 Å². The predicted octanol–water partition coefficient (Wildman–Crippen LogP) is 1.58. The van der Waals surface area contributed by atoms with Crippen molar-refractivity contribution in [3.8, 4) is 0 Å². The predicted molar refractivity (Wildman–Crippen MR) is 74.3 cm³/mol. The van der Waals surface area contributed by atoms with Crippen molar-refractivity contribution in [2.75, 3.05) is 7.11 Å². The minimum Gasteiger partial charge on any atom is -0.380 e. The van der Waals surface area contributed by atoms with E-state index in [1.165, 1.54) is 0 Å². The van der Waals surface area contributed by atoms with Crippen molar-refractivity contribution in [3.63, 3.8) is 0 Å². The van der Waals surface area contributed by atoms with E-state index < -0.39 is 0 Å². The maximum atomic E-state index is 12.0. The Balaban J connectivity index is 1.87. The molecule has 0 heterocycles. The van der Waals surface area contributed by atoms with Gasteiger partial charge < -0.3 is 15.8 Å². The van der Waals surface area contributed by atoms with Crippen LogP contribution in [0.1, 0.15) is 30.4 Å². The van der Waals surface area contributed by atoms with Gasteiger partial charge in [0.25, 0.3) is 0 Å². The SMILES string of the molecule is COCc1cccc(CNC(=O)C2CCCC2N)c1. The van der Waals surface area contributed by atoms with Crippen LogP contribution in [-0.4, -0.2) is 19.1 Å². The average Bonchev–Trinajstić information content (AvgIpc) is 2.83. The molecule has 2 unspecified atom stereocenters. The molecule has 1 aliphatic carbocycles. The molecule has 2 rings (SSSR count). The summed E-state index contributed by atoms with van der Waals surface area (Å²) < 4.78 is 5.10. The number of benzene rings is 1. The lowest BCUT2D eigenvalue weighted by atomic mass is 10.0. The van der Waals surface area contributed by atoms with Gasteiger partial charge in [0.15, 0.2) is 0 Å². The van der Waals surface area contributed by atoms with Crippen molar-refractivity contribution < 1.29 is 9.53 Å². The van der Waals surface area contributed by atoms with Crippen LogP contribution in [0.4, 0.5) is 0 Å². The molecule has 0 aromatic heterocycles. The van der Waals surface area contributed by atoms with Crippen molar-refractivity contribution in [1.29, 1.82) is 0 Å². The van der Waals surface area contributed by atoms with Crippen molar-refractivity contribution >= 4 is 5.91 Å². The monoisotopic (exact) mass is 262 g/mol. The minimum absolute atomic E-state index is 0.0119. The first-order valence-corrected chi connectivity index (χ1v) is 6.80. The Hall–Kier alpha value is -1.39. The molecule has 1 fully saturated rings. The Kier molecular flexibility index (Phi) is 4.93. The standard InChI is InChI=1S/C15H22N2O2/c1-19-10-12-5-2-4-11(8-12)9-17-15(18)13-6-3-7-14(13)16/h2,4-5,8,13-14H,3,6-7,9-10,16H2,1H3,(H,17,18). The van der Waals surface area contributed by atoms with E-state index in [-0.39, 0.29) is 17.9 Å². The van der Waals surface area contributed by atoms with Gasteiger partial charge in [0.1, 0.15) is 0 Å². The molecule has 0 radical (unpaired) electrons. The van der Waals surface area contributed by atoms with Gasteiger partial charge in [-0.2, -0.15) is 0 Å². The number of nitrogens with one attached hydrogen (secondary N) is 1. The van der Waals surface area contributed by atoms with Crippen molar-refractivity contribution in [1.82, 2.24) is 5.32 Å². The van der Waals surface area contributed by atoms with E-state index >= 15 is 0 Å². The van der Waals surface area contributed by atoms with Gasteiger partial charge >= 0.3 is 0 Å². The number of nitrogens with two attached hydrogens (primary N) is 1. The Morgan fingerprint density at radius 3 is 2.89 bits per heavy atom. The quantitative estimate of drug-likeness (QED) is 0.846. The summed E-state index contributed by atoms with van der Waals surface area (Å²) in [5.74, 6) is 0.0734. The van der Waals surface area contributed by atoms with Gasteiger partial charge in [0, 0.05) is 19.7 Å². The summed E-state index contributed by atoms with van der Waals surface area (Å²) in [6.07, 6.45) is 2.93. The van der Waals surface area contributed by atoms with E-state index in [0.29, 0.717) is 13.2 Å². The van der Waals surface area contributed by atoms with E-state index in [1.54, 1.807) is 7.11 Å². The average molecular weight is 262 g/mol. The number of amides is 1. The molecule has 19 heavy (non-hydrogen) atoms. The molecule has 1 aromatic carbocycles. The molecule has 104 valence electrons. The largest absolute Gasteiger partial charge is 0.380 e. The van der Waals surface area contributed by atoms with E-state index in [0.717, 1.165) is 30.4 Å². The Morgan fingerprint density at radius 1 is 1.42 bits per heavy atom. The molecule has 3 N–H and O–H groups in total. The Bertz CT molecular complexity index is 434. The fraction of sp³-hybridized carbons (Fsp3) is 0.533. The Labute approximate surface area is 114 Å². The summed E-state index contributed by atoms with van der Waals surface area (Å²) in [5, 5.41) is 2.98. The van der Waals surface area contributed by atoms with Crippen LogP contribution in [0.2, 0.25) is 0 Å². The van der Waals surface area contributed by atoms with Gasteiger partial charge in [0.05, 0.1) is 12.5 Å². The van der Waals surface area contributed by atoms with Crippen molar-refractivity contribution in [2.24, 2.45) is 11.7 Å². The van der Waals surface area contributed by atoms with E-state index in [9.17, 15) is 4.79 Å². The zero-order valence-corrected chi connectivity index (χ0v) is 11.4. The van der Waals surface area contributed by atoms with E-state index in [1.807, 2.05) is 18.2 Å². The van der Waals surface area contributed by atoms with Gasteiger partial charge in [-0.25, -0.2) is 0 Å². The van der Waals surface area contributed by atoms with Crippen LogP contribution < -0.4 is 11.1 Å². The van der Waals surface area contributed by atoms with Gasteiger partial charge in [-0.1, -0.05) is 30.7 Å². The highest BCUT2D eigenvalue weighted by Crippen LogP contribution is 2.24. The fourth-order valence-corrected chi connectivity index (χ4v) is 2.63. The van der Waals surface area contributed by atoms with E-state index in [4.69, 9.17) is 10.5 Å². The molecule has 4 heteroatoms. The summed E-state index contributed by atoms with van der Waals surface area (Å²) >= 11 is 0. The maximum absolute atomic E-state index is 12.0. The minimum atomic E-state index is -0.0119. The number of carbonyl (C=O) groups is 1. The zero-order chi connectivity index (χ0) is 13.7. The van der Waals surface area contributed by atoms with Gasteiger partial charge in [0.2, 0.25) is 5.91 Å². The van der Waals surface area contributed by atoms with Crippen molar-refractivity contribution in [3.05, 3.63) is 35.4 Å².